The molecule has 0 spiro atoms. The van der Waals surface area contributed by atoms with Crippen LogP contribution in [0.15, 0.2) is 30.6 Å². The number of piperazine rings is 1. The van der Waals surface area contributed by atoms with Crippen LogP contribution in [0.25, 0.3) is 22.6 Å². The number of anilines is 1. The number of nitrogens with zero attached hydrogens (tertiary/aromatic N) is 7. The van der Waals surface area contributed by atoms with Crippen LogP contribution in [0.5, 0.6) is 0 Å². The Hall–Kier alpha value is -3.53. The summed E-state index contributed by atoms with van der Waals surface area (Å²) < 4.78 is 2.11. The van der Waals surface area contributed by atoms with Crippen LogP contribution < -0.4 is 5.32 Å². The smallest absolute Gasteiger partial charge is 0.253 e. The molecule has 10 heteroatoms. The first-order chi connectivity index (χ1) is 17.9. The van der Waals surface area contributed by atoms with Gasteiger partial charge in [0.25, 0.3) is 5.91 Å². The quantitative estimate of drug-likeness (QED) is 0.471. The molecule has 0 unspecified atom stereocenters. The Morgan fingerprint density at radius 2 is 1.81 bits per heavy atom. The molecule has 0 radical (unpaired) electrons. The van der Waals surface area contributed by atoms with Gasteiger partial charge in [-0.05, 0) is 45.9 Å². The van der Waals surface area contributed by atoms with Gasteiger partial charge in [-0.15, -0.1) is 0 Å². The number of hydrogen-bond donors (Lipinski definition) is 1. The number of likely N-dealkylation sites (tertiary alicyclic amines) is 1. The van der Waals surface area contributed by atoms with E-state index in [1.807, 2.05) is 34.1 Å². The van der Waals surface area contributed by atoms with Gasteiger partial charge < -0.3 is 24.6 Å². The number of aromatic nitrogens is 4. The van der Waals surface area contributed by atoms with E-state index in [1.165, 1.54) is 0 Å². The topological polar surface area (TPSA) is 99.5 Å². The van der Waals surface area contributed by atoms with Crippen molar-refractivity contribution in [3.05, 3.63) is 36.2 Å². The van der Waals surface area contributed by atoms with Crippen molar-refractivity contribution in [3.8, 4) is 11.4 Å². The maximum atomic E-state index is 13.0. The van der Waals surface area contributed by atoms with Crippen molar-refractivity contribution in [1.82, 2.24) is 34.2 Å². The third-order valence-electron chi connectivity index (χ3n) is 7.24. The second-order valence-corrected chi connectivity index (χ2v) is 10.2. The molecule has 2 amide bonds. The Bertz CT molecular complexity index is 1260. The highest BCUT2D eigenvalue weighted by atomic mass is 16.2. The van der Waals surface area contributed by atoms with E-state index in [1.54, 1.807) is 6.33 Å². The predicted octanol–water partition coefficient (Wildman–Crippen LogP) is 2.89. The van der Waals surface area contributed by atoms with Gasteiger partial charge in [0.05, 0.1) is 0 Å². The molecule has 4 heterocycles. The molecule has 0 bridgehead atoms. The largest absolute Gasteiger partial charge is 0.368 e. The number of carbonyl (C=O) groups excluding carboxylic acids is 2. The van der Waals surface area contributed by atoms with Gasteiger partial charge in [-0.25, -0.2) is 15.0 Å². The molecule has 2 aliphatic rings. The maximum absolute atomic E-state index is 13.0. The number of hydrogen-bond acceptors (Lipinski definition) is 7. The molecule has 5 rings (SSSR count). The molecule has 0 aliphatic carbocycles. The highest BCUT2D eigenvalue weighted by Crippen LogP contribution is 2.30. The molecule has 2 aromatic heterocycles. The van der Waals surface area contributed by atoms with Crippen molar-refractivity contribution in [3.63, 3.8) is 0 Å². The zero-order valence-electron chi connectivity index (χ0n) is 22.0. The van der Waals surface area contributed by atoms with E-state index in [2.05, 4.69) is 45.6 Å². The average molecular weight is 505 g/mol. The highest BCUT2D eigenvalue weighted by Gasteiger charge is 2.23. The van der Waals surface area contributed by atoms with E-state index in [4.69, 9.17) is 4.98 Å². The highest BCUT2D eigenvalue weighted by molar-refractivity contribution is 5.95. The normalized spacial score (nSPS) is 16.8. The Balaban J connectivity index is 1.34. The summed E-state index contributed by atoms with van der Waals surface area (Å²) >= 11 is 0. The number of fused-ring (bicyclic) bond motifs is 1. The van der Waals surface area contributed by atoms with Gasteiger partial charge >= 0.3 is 0 Å². The predicted molar refractivity (Wildman–Crippen MR) is 143 cm³/mol. The summed E-state index contributed by atoms with van der Waals surface area (Å²) in [5, 5.41) is 3.40. The van der Waals surface area contributed by atoms with Gasteiger partial charge in [0.1, 0.15) is 12.2 Å². The Morgan fingerprint density at radius 3 is 2.49 bits per heavy atom. The SMILES string of the molecule is CC(C)n1c(-c2ccc(C(=O)N3CCN(C)CC3)cc2)nc2c(NCCCN3CCCC3=O)ncnc21. The zero-order chi connectivity index (χ0) is 25.9. The lowest BCUT2D eigenvalue weighted by atomic mass is 10.1. The molecular weight excluding hydrogens is 468 g/mol. The van der Waals surface area contributed by atoms with Crippen molar-refractivity contribution in [1.29, 1.82) is 0 Å². The number of nitrogens with one attached hydrogen (secondary N) is 1. The van der Waals surface area contributed by atoms with Crippen molar-refractivity contribution >= 4 is 28.8 Å². The standard InChI is InChI=1S/C27H36N8O2/c1-19(2)35-25(20-7-9-21(10-8-20)27(37)34-16-14-32(3)15-17-34)31-23-24(29-18-30-26(23)35)28-11-5-13-33-12-4-6-22(33)36/h7-10,18-19H,4-6,11-17H2,1-3H3,(H,28,29,30). The summed E-state index contributed by atoms with van der Waals surface area (Å²) in [5.41, 5.74) is 3.12. The van der Waals surface area contributed by atoms with Gasteiger partial charge in [-0.2, -0.15) is 0 Å². The van der Waals surface area contributed by atoms with E-state index < -0.39 is 0 Å². The van der Waals surface area contributed by atoms with E-state index in [9.17, 15) is 9.59 Å². The number of carbonyl (C=O) groups is 2. The van der Waals surface area contributed by atoms with E-state index in [0.29, 0.717) is 24.3 Å². The second kappa shape index (κ2) is 10.8. The first kappa shape index (κ1) is 25.1. The molecule has 1 aromatic carbocycles. The first-order valence-electron chi connectivity index (χ1n) is 13.2. The van der Waals surface area contributed by atoms with Gasteiger partial charge in [0.2, 0.25) is 5.91 Å². The van der Waals surface area contributed by atoms with E-state index >= 15 is 0 Å². The second-order valence-electron chi connectivity index (χ2n) is 10.2. The minimum atomic E-state index is 0.0741. The van der Waals surface area contributed by atoms with Crippen LogP contribution in [-0.2, 0) is 4.79 Å². The zero-order valence-corrected chi connectivity index (χ0v) is 22.0. The molecule has 2 fully saturated rings. The summed E-state index contributed by atoms with van der Waals surface area (Å²) in [4.78, 5) is 44.9. The molecule has 37 heavy (non-hydrogen) atoms. The van der Waals surface area contributed by atoms with Crippen LogP contribution in [0, 0.1) is 0 Å². The number of amides is 2. The Morgan fingerprint density at radius 1 is 1.05 bits per heavy atom. The Kier molecular flexibility index (Phi) is 7.36. The van der Waals surface area contributed by atoms with Gasteiger partial charge in [0, 0.05) is 69.4 Å². The average Bonchev–Trinajstić information content (AvgIpc) is 3.50. The number of rotatable bonds is 8. The summed E-state index contributed by atoms with van der Waals surface area (Å²) in [6, 6.07) is 7.86. The van der Waals surface area contributed by atoms with Crippen LogP contribution in [0.2, 0.25) is 0 Å². The van der Waals surface area contributed by atoms with Crippen molar-refractivity contribution in [2.45, 2.75) is 39.2 Å². The summed E-state index contributed by atoms with van der Waals surface area (Å²) in [6.07, 6.45) is 4.04. The van der Waals surface area contributed by atoms with Crippen molar-refractivity contribution < 1.29 is 9.59 Å². The third kappa shape index (κ3) is 5.29. The fourth-order valence-corrected chi connectivity index (χ4v) is 5.10. The monoisotopic (exact) mass is 504 g/mol. The molecule has 0 atom stereocenters. The lowest BCUT2D eigenvalue weighted by Crippen LogP contribution is -2.47. The lowest BCUT2D eigenvalue weighted by molar-refractivity contribution is -0.127. The van der Waals surface area contributed by atoms with E-state index in [0.717, 1.165) is 74.7 Å². The van der Waals surface area contributed by atoms with Crippen LogP contribution >= 0.6 is 0 Å². The van der Waals surface area contributed by atoms with Crippen LogP contribution in [0.3, 0.4) is 0 Å². The molecule has 2 aliphatic heterocycles. The summed E-state index contributed by atoms with van der Waals surface area (Å²) in [7, 11) is 2.08. The van der Waals surface area contributed by atoms with Crippen molar-refractivity contribution in [2.75, 3.05) is 58.2 Å². The summed E-state index contributed by atoms with van der Waals surface area (Å²) in [5.74, 6) is 1.82. The van der Waals surface area contributed by atoms with Crippen molar-refractivity contribution in [2.24, 2.45) is 0 Å². The molecule has 1 N–H and O–H groups in total. The van der Waals surface area contributed by atoms with Crippen LogP contribution in [-0.4, -0.2) is 98.9 Å². The number of likely N-dealkylation sites (N-methyl/N-ethyl adjacent to an activating group) is 1. The fourth-order valence-electron chi connectivity index (χ4n) is 5.10. The number of imidazole rings is 1. The minimum Gasteiger partial charge on any atom is -0.368 e. The maximum Gasteiger partial charge on any atom is 0.253 e. The Labute approximate surface area is 217 Å². The molecule has 0 saturated carbocycles. The molecule has 196 valence electrons. The minimum absolute atomic E-state index is 0.0741. The first-order valence-corrected chi connectivity index (χ1v) is 13.2. The third-order valence-corrected chi connectivity index (χ3v) is 7.24. The van der Waals surface area contributed by atoms with E-state index in [-0.39, 0.29) is 17.9 Å². The summed E-state index contributed by atoms with van der Waals surface area (Å²) in [6.45, 7) is 9.83. The van der Waals surface area contributed by atoms with Gasteiger partial charge in [0.15, 0.2) is 17.0 Å². The molecule has 3 aromatic rings. The van der Waals surface area contributed by atoms with Crippen LogP contribution in [0.4, 0.5) is 5.82 Å². The van der Waals surface area contributed by atoms with Crippen LogP contribution in [0.1, 0.15) is 49.5 Å². The molecule has 10 nitrogen and oxygen atoms in total. The van der Waals surface area contributed by atoms with Gasteiger partial charge in [-0.1, -0.05) is 12.1 Å². The number of benzene rings is 1. The lowest BCUT2D eigenvalue weighted by Gasteiger charge is -2.32. The van der Waals surface area contributed by atoms with Gasteiger partial charge in [-0.3, -0.25) is 9.59 Å². The molecule has 2 saturated heterocycles. The molecular formula is C27H36N8O2. The fraction of sp³-hybridized carbons (Fsp3) is 0.519.